The second-order valence-electron chi connectivity index (χ2n) is 6.64. The van der Waals surface area contributed by atoms with Crippen molar-refractivity contribution in [3.8, 4) is 5.69 Å². The lowest BCUT2D eigenvalue weighted by molar-refractivity contribution is -0.121. The summed E-state index contributed by atoms with van der Waals surface area (Å²) in [5, 5.41) is 14.7. The fourth-order valence-corrected chi connectivity index (χ4v) is 2.99. The molecule has 1 aliphatic heterocycles. The van der Waals surface area contributed by atoms with E-state index in [0.717, 1.165) is 43.1 Å². The van der Waals surface area contributed by atoms with Gasteiger partial charge < -0.3 is 10.2 Å². The molecular formula is C17H25N7O. The van der Waals surface area contributed by atoms with E-state index in [1.807, 2.05) is 39.0 Å². The molecule has 8 heteroatoms. The topological polar surface area (TPSA) is 79.2 Å². The maximum atomic E-state index is 12.6. The van der Waals surface area contributed by atoms with E-state index in [-0.39, 0.29) is 11.9 Å². The Labute approximate surface area is 147 Å². The van der Waals surface area contributed by atoms with Gasteiger partial charge in [-0.2, -0.15) is 4.68 Å². The summed E-state index contributed by atoms with van der Waals surface area (Å²) in [6, 6.07) is 5.63. The minimum atomic E-state index is -0.159. The first-order valence-electron chi connectivity index (χ1n) is 8.55. The van der Waals surface area contributed by atoms with Crippen LogP contribution in [0.3, 0.4) is 0 Å². The molecule has 1 atom stereocenters. The first kappa shape index (κ1) is 17.5. The van der Waals surface area contributed by atoms with E-state index in [1.54, 1.807) is 4.68 Å². The molecule has 2 aromatic rings. The Hall–Kier alpha value is -2.32. The second-order valence-corrected chi connectivity index (χ2v) is 6.64. The van der Waals surface area contributed by atoms with Crippen LogP contribution in [0.5, 0.6) is 0 Å². The number of benzene rings is 1. The van der Waals surface area contributed by atoms with E-state index in [0.29, 0.717) is 5.82 Å². The number of piperazine rings is 1. The normalized spacial score (nSPS) is 17.4. The zero-order chi connectivity index (χ0) is 18.0. The lowest BCUT2D eigenvalue weighted by atomic mass is 10.1. The average molecular weight is 343 g/mol. The van der Waals surface area contributed by atoms with Crippen LogP contribution in [0.15, 0.2) is 18.2 Å². The summed E-state index contributed by atoms with van der Waals surface area (Å²) in [7, 11) is 2.11. The second kappa shape index (κ2) is 7.28. The van der Waals surface area contributed by atoms with Crippen LogP contribution in [0.2, 0.25) is 0 Å². The lowest BCUT2D eigenvalue weighted by Gasteiger charge is -2.35. The number of carbonyl (C=O) groups excluding carboxylic acids is 1. The lowest BCUT2D eigenvalue weighted by Crippen LogP contribution is -2.51. The van der Waals surface area contributed by atoms with Crippen LogP contribution in [0.1, 0.15) is 18.3 Å². The number of aryl methyl sites for hydroxylation is 2. The first-order chi connectivity index (χ1) is 12.0. The van der Waals surface area contributed by atoms with E-state index in [2.05, 4.69) is 37.7 Å². The van der Waals surface area contributed by atoms with Gasteiger partial charge in [-0.3, -0.25) is 9.69 Å². The Bertz CT molecular complexity index is 749. The van der Waals surface area contributed by atoms with Gasteiger partial charge in [0, 0.05) is 31.9 Å². The predicted octanol–water partition coefficient (Wildman–Crippen LogP) is 0.854. The molecule has 1 aliphatic rings. The molecule has 0 unspecified atom stereocenters. The molecule has 1 fully saturated rings. The Morgan fingerprint density at radius 3 is 2.56 bits per heavy atom. The minimum absolute atomic E-state index is 0.00722. The van der Waals surface area contributed by atoms with E-state index >= 15 is 0 Å². The summed E-state index contributed by atoms with van der Waals surface area (Å²) in [6.45, 7) is 9.61. The van der Waals surface area contributed by atoms with E-state index in [1.165, 1.54) is 0 Å². The molecule has 0 radical (unpaired) electrons. The van der Waals surface area contributed by atoms with Crippen molar-refractivity contribution in [1.82, 2.24) is 30.0 Å². The number of tetrazole rings is 1. The summed E-state index contributed by atoms with van der Waals surface area (Å²) < 4.78 is 1.68. The third-order valence-corrected chi connectivity index (χ3v) is 4.80. The SMILES string of the molecule is Cc1ccc(NC(=O)[C@@H](C)N2CCN(C)CC2)cc1-n1nnnc1C. The van der Waals surface area contributed by atoms with Crippen molar-refractivity contribution in [2.24, 2.45) is 0 Å². The van der Waals surface area contributed by atoms with Gasteiger partial charge in [0.25, 0.3) is 0 Å². The average Bonchev–Trinajstić information content (AvgIpc) is 3.02. The Morgan fingerprint density at radius 2 is 1.92 bits per heavy atom. The number of carbonyl (C=O) groups is 1. The third kappa shape index (κ3) is 3.85. The van der Waals surface area contributed by atoms with Gasteiger partial charge in [0.1, 0.15) is 0 Å². The van der Waals surface area contributed by atoms with Crippen LogP contribution >= 0.6 is 0 Å². The van der Waals surface area contributed by atoms with Crippen molar-refractivity contribution < 1.29 is 4.79 Å². The maximum absolute atomic E-state index is 12.6. The highest BCUT2D eigenvalue weighted by molar-refractivity contribution is 5.94. The number of nitrogens with one attached hydrogen (secondary N) is 1. The molecule has 25 heavy (non-hydrogen) atoms. The largest absolute Gasteiger partial charge is 0.325 e. The molecule has 0 aliphatic carbocycles. The van der Waals surface area contributed by atoms with E-state index in [4.69, 9.17) is 0 Å². The number of amides is 1. The molecule has 8 nitrogen and oxygen atoms in total. The van der Waals surface area contributed by atoms with E-state index < -0.39 is 0 Å². The fraction of sp³-hybridized carbons (Fsp3) is 0.529. The minimum Gasteiger partial charge on any atom is -0.325 e. The zero-order valence-corrected chi connectivity index (χ0v) is 15.2. The van der Waals surface area contributed by atoms with Crippen molar-refractivity contribution in [2.45, 2.75) is 26.8 Å². The number of anilines is 1. The third-order valence-electron chi connectivity index (χ3n) is 4.80. The summed E-state index contributed by atoms with van der Waals surface area (Å²) in [4.78, 5) is 17.1. The molecule has 1 N–H and O–H groups in total. The Balaban J connectivity index is 1.72. The molecule has 0 bridgehead atoms. The molecule has 1 aromatic heterocycles. The fourth-order valence-electron chi connectivity index (χ4n) is 2.99. The Kier molecular flexibility index (Phi) is 5.10. The molecule has 1 amide bonds. The van der Waals surface area contributed by atoms with Gasteiger partial charge in [0.05, 0.1) is 11.7 Å². The highest BCUT2D eigenvalue weighted by Crippen LogP contribution is 2.20. The van der Waals surface area contributed by atoms with E-state index in [9.17, 15) is 4.79 Å². The van der Waals surface area contributed by atoms with Crippen LogP contribution in [0.25, 0.3) is 5.69 Å². The number of nitrogens with zero attached hydrogens (tertiary/aromatic N) is 6. The smallest absolute Gasteiger partial charge is 0.241 e. The molecule has 3 rings (SSSR count). The van der Waals surface area contributed by atoms with Gasteiger partial charge in [-0.25, -0.2) is 0 Å². The van der Waals surface area contributed by atoms with Gasteiger partial charge in [-0.15, -0.1) is 5.10 Å². The molecule has 1 saturated heterocycles. The van der Waals surface area contributed by atoms with Gasteiger partial charge in [0.15, 0.2) is 5.82 Å². The number of hydrogen-bond acceptors (Lipinski definition) is 6. The maximum Gasteiger partial charge on any atom is 0.241 e. The predicted molar refractivity (Wildman–Crippen MR) is 95.8 cm³/mol. The molecule has 0 saturated carbocycles. The van der Waals surface area contributed by atoms with Crippen LogP contribution in [0, 0.1) is 13.8 Å². The monoisotopic (exact) mass is 343 g/mol. The van der Waals surface area contributed by atoms with Gasteiger partial charge >= 0.3 is 0 Å². The van der Waals surface area contributed by atoms with Crippen LogP contribution in [-0.4, -0.2) is 75.2 Å². The standard InChI is InChI=1S/C17H25N7O/c1-12-5-6-15(11-16(12)24-14(3)19-20-21-24)18-17(25)13(2)23-9-7-22(4)8-10-23/h5-6,11,13H,7-10H2,1-4H3,(H,18,25)/t13-/m1/s1. The molecule has 134 valence electrons. The van der Waals surface area contributed by atoms with Crippen molar-refractivity contribution in [1.29, 1.82) is 0 Å². The quantitative estimate of drug-likeness (QED) is 0.887. The van der Waals surface area contributed by atoms with Crippen molar-refractivity contribution in [2.75, 3.05) is 38.5 Å². The number of likely N-dealkylation sites (N-methyl/N-ethyl adjacent to an activating group) is 1. The van der Waals surface area contributed by atoms with Crippen molar-refractivity contribution >= 4 is 11.6 Å². The number of aromatic nitrogens is 4. The molecule has 2 heterocycles. The first-order valence-corrected chi connectivity index (χ1v) is 8.55. The van der Waals surface area contributed by atoms with Crippen molar-refractivity contribution in [3.05, 3.63) is 29.6 Å². The molecule has 1 aromatic carbocycles. The number of hydrogen-bond donors (Lipinski definition) is 1. The van der Waals surface area contributed by atoms with Crippen LogP contribution < -0.4 is 5.32 Å². The number of rotatable bonds is 4. The zero-order valence-electron chi connectivity index (χ0n) is 15.2. The van der Waals surface area contributed by atoms with Gasteiger partial charge in [-0.05, 0) is 55.9 Å². The highest BCUT2D eigenvalue weighted by Gasteiger charge is 2.24. The molecule has 0 spiro atoms. The summed E-state index contributed by atoms with van der Waals surface area (Å²) in [6.07, 6.45) is 0. The highest BCUT2D eigenvalue weighted by atomic mass is 16.2. The van der Waals surface area contributed by atoms with Gasteiger partial charge in [0.2, 0.25) is 5.91 Å². The Morgan fingerprint density at radius 1 is 1.20 bits per heavy atom. The van der Waals surface area contributed by atoms with Crippen LogP contribution in [0.4, 0.5) is 5.69 Å². The molecular weight excluding hydrogens is 318 g/mol. The van der Waals surface area contributed by atoms with Crippen LogP contribution in [-0.2, 0) is 4.79 Å². The van der Waals surface area contributed by atoms with Gasteiger partial charge in [-0.1, -0.05) is 6.07 Å². The van der Waals surface area contributed by atoms with Crippen molar-refractivity contribution in [3.63, 3.8) is 0 Å². The summed E-state index contributed by atoms with van der Waals surface area (Å²) >= 11 is 0. The summed E-state index contributed by atoms with van der Waals surface area (Å²) in [5.74, 6) is 0.713. The summed E-state index contributed by atoms with van der Waals surface area (Å²) in [5.41, 5.74) is 2.66.